The van der Waals surface area contributed by atoms with E-state index in [-0.39, 0.29) is 23.5 Å². The molecule has 2 aromatic rings. The van der Waals surface area contributed by atoms with E-state index in [0.29, 0.717) is 36.5 Å². The number of aromatic nitrogens is 2. The molecular formula is C20H26N4O4S. The van der Waals surface area contributed by atoms with Crippen molar-refractivity contribution < 1.29 is 17.9 Å². The van der Waals surface area contributed by atoms with E-state index >= 15 is 0 Å². The van der Waals surface area contributed by atoms with E-state index in [1.165, 1.54) is 4.31 Å². The van der Waals surface area contributed by atoms with Gasteiger partial charge >= 0.3 is 0 Å². The standard InChI is InChI=1S/C20H26N4O4S/c1-4-19(25)21-16-8-9-18(14(2)12-16)29(26,27)24-11-5-6-17(13-24)28-20-10-7-15(3)22-23-20/h7-10,12,17H,4-6,11,13H2,1-3H3,(H,21,25). The fraction of sp³-hybridized carbons (Fsp3) is 0.450. The van der Waals surface area contributed by atoms with Gasteiger partial charge in [0.05, 0.1) is 17.1 Å². The summed E-state index contributed by atoms with van der Waals surface area (Å²) in [7, 11) is -3.67. The van der Waals surface area contributed by atoms with E-state index in [0.717, 1.165) is 12.1 Å². The van der Waals surface area contributed by atoms with Crippen LogP contribution in [0.15, 0.2) is 35.2 Å². The fourth-order valence-corrected chi connectivity index (χ4v) is 4.96. The highest BCUT2D eigenvalue weighted by molar-refractivity contribution is 7.89. The molecule has 1 N–H and O–H groups in total. The molecule has 0 aliphatic carbocycles. The maximum atomic E-state index is 13.2. The van der Waals surface area contributed by atoms with Gasteiger partial charge in [-0.3, -0.25) is 4.79 Å². The zero-order chi connectivity index (χ0) is 21.0. The summed E-state index contributed by atoms with van der Waals surface area (Å²) < 4.78 is 33.7. The lowest BCUT2D eigenvalue weighted by Crippen LogP contribution is -2.44. The molecule has 9 heteroatoms. The Bertz CT molecular complexity index is 976. The normalized spacial score (nSPS) is 17.7. The number of rotatable bonds is 6. The Balaban J connectivity index is 1.74. The number of benzene rings is 1. The molecule has 0 bridgehead atoms. The first-order valence-electron chi connectivity index (χ1n) is 9.67. The molecule has 1 aromatic heterocycles. The number of aryl methyl sites for hydroxylation is 2. The van der Waals surface area contributed by atoms with E-state index in [1.807, 2.05) is 13.0 Å². The number of nitrogens with zero attached hydrogens (tertiary/aromatic N) is 3. The van der Waals surface area contributed by atoms with E-state index in [4.69, 9.17) is 4.74 Å². The van der Waals surface area contributed by atoms with E-state index < -0.39 is 10.0 Å². The van der Waals surface area contributed by atoms with E-state index in [9.17, 15) is 13.2 Å². The topological polar surface area (TPSA) is 101 Å². The molecule has 1 fully saturated rings. The van der Waals surface area contributed by atoms with Crippen LogP contribution in [0.25, 0.3) is 0 Å². The zero-order valence-electron chi connectivity index (χ0n) is 16.9. The van der Waals surface area contributed by atoms with Crippen molar-refractivity contribution in [2.24, 2.45) is 0 Å². The molecule has 1 amide bonds. The highest BCUT2D eigenvalue weighted by Crippen LogP contribution is 2.26. The van der Waals surface area contributed by atoms with Gasteiger partial charge in [0.15, 0.2) is 0 Å². The molecule has 8 nitrogen and oxygen atoms in total. The van der Waals surface area contributed by atoms with Crippen molar-refractivity contribution in [3.05, 3.63) is 41.6 Å². The summed E-state index contributed by atoms with van der Waals surface area (Å²) in [6, 6.07) is 8.39. The predicted octanol–water partition coefficient (Wildman–Crippen LogP) is 2.67. The van der Waals surface area contributed by atoms with Gasteiger partial charge in [-0.2, -0.15) is 9.40 Å². The minimum absolute atomic E-state index is 0.116. The van der Waals surface area contributed by atoms with Crippen LogP contribution >= 0.6 is 0 Å². The second-order valence-corrected chi connectivity index (χ2v) is 9.05. The van der Waals surface area contributed by atoms with Crippen LogP contribution < -0.4 is 10.1 Å². The molecule has 0 saturated carbocycles. The van der Waals surface area contributed by atoms with E-state index in [2.05, 4.69) is 15.5 Å². The molecule has 29 heavy (non-hydrogen) atoms. The van der Waals surface area contributed by atoms with Crippen LogP contribution in [0.1, 0.15) is 37.4 Å². The second kappa shape index (κ2) is 8.87. The average Bonchev–Trinajstić information content (AvgIpc) is 2.70. The largest absolute Gasteiger partial charge is 0.472 e. The number of hydrogen-bond donors (Lipinski definition) is 1. The number of carbonyl (C=O) groups is 1. The van der Waals surface area contributed by atoms with Crippen LogP contribution in [0.2, 0.25) is 0 Å². The number of ether oxygens (including phenoxy) is 1. The Kier molecular flexibility index (Phi) is 6.49. The maximum absolute atomic E-state index is 13.2. The molecule has 156 valence electrons. The number of piperidine rings is 1. The third-order valence-electron chi connectivity index (χ3n) is 4.80. The van der Waals surface area contributed by atoms with Crippen molar-refractivity contribution in [3.8, 4) is 5.88 Å². The molecule has 0 spiro atoms. The summed E-state index contributed by atoms with van der Waals surface area (Å²) in [5.41, 5.74) is 1.97. The molecule has 1 unspecified atom stereocenters. The van der Waals surface area contributed by atoms with Gasteiger partial charge in [0.2, 0.25) is 21.8 Å². The van der Waals surface area contributed by atoms with Crippen LogP contribution in [0.4, 0.5) is 5.69 Å². The van der Waals surface area contributed by atoms with Gasteiger partial charge in [0, 0.05) is 24.7 Å². The summed E-state index contributed by atoms with van der Waals surface area (Å²) >= 11 is 0. The van der Waals surface area contributed by atoms with Crippen molar-refractivity contribution in [1.29, 1.82) is 0 Å². The SMILES string of the molecule is CCC(=O)Nc1ccc(S(=O)(=O)N2CCCC(Oc3ccc(C)nn3)C2)c(C)c1. The number of nitrogens with one attached hydrogen (secondary N) is 1. The Morgan fingerprint density at radius 3 is 2.69 bits per heavy atom. The van der Waals surface area contributed by atoms with Crippen LogP contribution in [0.3, 0.4) is 0 Å². The summed E-state index contributed by atoms with van der Waals surface area (Å²) in [6.45, 7) is 6.03. The Hall–Kier alpha value is -2.52. The van der Waals surface area contributed by atoms with Gasteiger partial charge in [0.1, 0.15) is 6.10 Å². The van der Waals surface area contributed by atoms with Crippen LogP contribution in [-0.4, -0.2) is 48.0 Å². The van der Waals surface area contributed by atoms with Gasteiger partial charge in [-0.05, 0) is 56.5 Å². The molecular weight excluding hydrogens is 392 g/mol. The first kappa shape index (κ1) is 21.2. The second-order valence-electron chi connectivity index (χ2n) is 7.14. The highest BCUT2D eigenvalue weighted by atomic mass is 32.2. The number of anilines is 1. The third-order valence-corrected chi connectivity index (χ3v) is 6.82. The smallest absolute Gasteiger partial charge is 0.243 e. The van der Waals surface area contributed by atoms with E-state index in [1.54, 1.807) is 38.1 Å². The number of hydrogen-bond acceptors (Lipinski definition) is 6. The summed E-state index contributed by atoms with van der Waals surface area (Å²) in [5.74, 6) is 0.280. The number of sulfonamides is 1. The van der Waals surface area contributed by atoms with Crippen molar-refractivity contribution in [2.45, 2.75) is 51.0 Å². The van der Waals surface area contributed by atoms with Crippen LogP contribution in [0, 0.1) is 13.8 Å². The van der Waals surface area contributed by atoms with Crippen molar-refractivity contribution >= 4 is 21.6 Å². The molecule has 3 rings (SSSR count). The fourth-order valence-electron chi connectivity index (χ4n) is 3.24. The summed E-state index contributed by atoms with van der Waals surface area (Å²) in [5, 5.41) is 10.7. The van der Waals surface area contributed by atoms with Crippen LogP contribution in [-0.2, 0) is 14.8 Å². The van der Waals surface area contributed by atoms with Crippen LogP contribution in [0.5, 0.6) is 5.88 Å². The van der Waals surface area contributed by atoms with Crippen molar-refractivity contribution in [2.75, 3.05) is 18.4 Å². The van der Waals surface area contributed by atoms with Gasteiger partial charge in [-0.1, -0.05) is 6.92 Å². The molecule has 0 radical (unpaired) electrons. The first-order chi connectivity index (χ1) is 13.8. The minimum Gasteiger partial charge on any atom is -0.472 e. The summed E-state index contributed by atoms with van der Waals surface area (Å²) in [4.78, 5) is 11.8. The minimum atomic E-state index is -3.67. The van der Waals surface area contributed by atoms with Gasteiger partial charge in [-0.25, -0.2) is 8.42 Å². The highest BCUT2D eigenvalue weighted by Gasteiger charge is 2.32. The number of carbonyl (C=O) groups excluding carboxylic acids is 1. The third kappa shape index (κ3) is 5.10. The Morgan fingerprint density at radius 2 is 2.03 bits per heavy atom. The van der Waals surface area contributed by atoms with Crippen molar-refractivity contribution in [1.82, 2.24) is 14.5 Å². The Labute approximate surface area is 171 Å². The first-order valence-corrected chi connectivity index (χ1v) is 11.1. The zero-order valence-corrected chi connectivity index (χ0v) is 17.7. The molecule has 1 atom stereocenters. The monoisotopic (exact) mass is 418 g/mol. The lowest BCUT2D eigenvalue weighted by molar-refractivity contribution is -0.115. The Morgan fingerprint density at radius 1 is 1.24 bits per heavy atom. The lowest BCUT2D eigenvalue weighted by atomic mass is 10.1. The van der Waals surface area contributed by atoms with Gasteiger partial charge in [0.25, 0.3) is 0 Å². The molecule has 1 saturated heterocycles. The maximum Gasteiger partial charge on any atom is 0.243 e. The quantitative estimate of drug-likeness (QED) is 0.774. The predicted molar refractivity (Wildman–Crippen MR) is 109 cm³/mol. The summed E-state index contributed by atoms with van der Waals surface area (Å²) in [6.07, 6.45) is 1.54. The molecule has 1 aliphatic rings. The van der Waals surface area contributed by atoms with Gasteiger partial charge < -0.3 is 10.1 Å². The lowest BCUT2D eigenvalue weighted by Gasteiger charge is -2.32. The molecule has 1 aliphatic heterocycles. The molecule has 2 heterocycles. The number of amides is 1. The average molecular weight is 419 g/mol. The van der Waals surface area contributed by atoms with Gasteiger partial charge in [-0.15, -0.1) is 5.10 Å². The van der Waals surface area contributed by atoms with Crippen molar-refractivity contribution in [3.63, 3.8) is 0 Å². The molecule has 1 aromatic carbocycles.